The van der Waals surface area contributed by atoms with Crippen molar-refractivity contribution in [3.05, 3.63) is 175 Å². The first-order chi connectivity index (χ1) is 21.2. The summed E-state index contributed by atoms with van der Waals surface area (Å²) in [5, 5.41) is 2.24. The molecule has 0 aliphatic carbocycles. The summed E-state index contributed by atoms with van der Waals surface area (Å²) in [5.74, 6) is -1.17. The molecule has 206 valence electrons. The van der Waals surface area contributed by atoms with Crippen LogP contribution in [0, 0.1) is 11.6 Å². The van der Waals surface area contributed by atoms with Gasteiger partial charge in [0.1, 0.15) is 11.6 Å². The summed E-state index contributed by atoms with van der Waals surface area (Å²) in [6, 6.07) is 53.2. The maximum Gasteiger partial charge on any atom is 0.133 e. The van der Waals surface area contributed by atoms with Crippen LogP contribution in [0.4, 0.5) is 25.8 Å². The van der Waals surface area contributed by atoms with E-state index in [0.717, 1.165) is 50.1 Å². The van der Waals surface area contributed by atoms with Gasteiger partial charge in [0.15, 0.2) is 0 Å². The van der Waals surface area contributed by atoms with Crippen molar-refractivity contribution in [3.8, 4) is 33.4 Å². The minimum Gasteiger partial charge on any atom is -0.310 e. The molecule has 0 aromatic heterocycles. The molecule has 0 spiro atoms. The van der Waals surface area contributed by atoms with E-state index in [4.69, 9.17) is 0 Å². The molecule has 0 saturated carbocycles. The highest BCUT2D eigenvalue weighted by Gasteiger charge is 2.17. The molecule has 0 heterocycles. The van der Waals surface area contributed by atoms with Crippen LogP contribution < -0.4 is 4.90 Å². The van der Waals surface area contributed by atoms with E-state index in [-0.39, 0.29) is 5.56 Å². The molecule has 0 saturated heterocycles. The van der Waals surface area contributed by atoms with Gasteiger partial charge in [-0.1, -0.05) is 103 Å². The lowest BCUT2D eigenvalue weighted by atomic mass is 9.92. The number of halogens is 2. The SMILES string of the molecule is Fc1cccc(F)c1-c1cccc(N(c2ccccc2)c2ccc3c(-c4ccccc4)cc(-c4ccccc4)cc3c2)c1. The highest BCUT2D eigenvalue weighted by Crippen LogP contribution is 2.41. The van der Waals surface area contributed by atoms with Gasteiger partial charge in [0.25, 0.3) is 0 Å². The van der Waals surface area contributed by atoms with Crippen molar-refractivity contribution >= 4 is 27.8 Å². The molecular formula is C40H27F2N. The Bertz CT molecular complexity index is 2020. The Morgan fingerprint density at radius 2 is 0.930 bits per heavy atom. The highest BCUT2D eigenvalue weighted by atomic mass is 19.1. The van der Waals surface area contributed by atoms with Crippen molar-refractivity contribution in [3.63, 3.8) is 0 Å². The van der Waals surface area contributed by atoms with Gasteiger partial charge in [-0.25, -0.2) is 8.78 Å². The third-order valence-electron chi connectivity index (χ3n) is 7.76. The van der Waals surface area contributed by atoms with Crippen LogP contribution >= 0.6 is 0 Å². The molecule has 0 bridgehead atoms. The molecule has 0 radical (unpaired) electrons. The van der Waals surface area contributed by atoms with Crippen LogP contribution in [0.2, 0.25) is 0 Å². The van der Waals surface area contributed by atoms with Crippen LogP contribution in [-0.4, -0.2) is 0 Å². The third-order valence-corrected chi connectivity index (χ3v) is 7.76. The van der Waals surface area contributed by atoms with Gasteiger partial charge >= 0.3 is 0 Å². The molecule has 0 unspecified atom stereocenters. The van der Waals surface area contributed by atoms with Gasteiger partial charge in [-0.05, 0) is 99.3 Å². The Morgan fingerprint density at radius 1 is 0.372 bits per heavy atom. The number of hydrogen-bond donors (Lipinski definition) is 0. The number of benzene rings is 7. The molecule has 0 fully saturated rings. The number of hydrogen-bond acceptors (Lipinski definition) is 1. The molecule has 7 aromatic rings. The normalized spacial score (nSPS) is 11.0. The van der Waals surface area contributed by atoms with Gasteiger partial charge in [0.05, 0.1) is 5.56 Å². The Labute approximate surface area is 249 Å². The first kappa shape index (κ1) is 26.4. The quantitative estimate of drug-likeness (QED) is 0.196. The second-order valence-electron chi connectivity index (χ2n) is 10.5. The molecule has 0 aliphatic heterocycles. The molecule has 7 rings (SSSR count). The Kier molecular flexibility index (Phi) is 6.98. The van der Waals surface area contributed by atoms with E-state index < -0.39 is 11.6 Å². The van der Waals surface area contributed by atoms with Crippen molar-refractivity contribution in [2.45, 2.75) is 0 Å². The van der Waals surface area contributed by atoms with Crippen molar-refractivity contribution in [1.82, 2.24) is 0 Å². The first-order valence-corrected chi connectivity index (χ1v) is 14.2. The van der Waals surface area contributed by atoms with E-state index in [0.29, 0.717) is 5.56 Å². The average molecular weight is 560 g/mol. The van der Waals surface area contributed by atoms with Gasteiger partial charge in [0, 0.05) is 17.1 Å². The van der Waals surface area contributed by atoms with Crippen molar-refractivity contribution in [2.24, 2.45) is 0 Å². The summed E-state index contributed by atoms with van der Waals surface area (Å²) >= 11 is 0. The van der Waals surface area contributed by atoms with Crippen LogP contribution in [0.15, 0.2) is 164 Å². The molecule has 0 amide bonds. The molecule has 0 aliphatic rings. The fourth-order valence-electron chi connectivity index (χ4n) is 5.75. The Morgan fingerprint density at radius 3 is 1.63 bits per heavy atom. The fourth-order valence-corrected chi connectivity index (χ4v) is 5.75. The second kappa shape index (κ2) is 11.4. The van der Waals surface area contributed by atoms with Gasteiger partial charge < -0.3 is 4.90 Å². The summed E-state index contributed by atoms with van der Waals surface area (Å²) in [5.41, 5.74) is 7.71. The topological polar surface area (TPSA) is 3.24 Å². The summed E-state index contributed by atoms with van der Waals surface area (Å²) < 4.78 is 29.6. The lowest BCUT2D eigenvalue weighted by molar-refractivity contribution is 0.589. The van der Waals surface area contributed by atoms with Crippen molar-refractivity contribution in [1.29, 1.82) is 0 Å². The molecule has 0 atom stereocenters. The number of anilines is 3. The lowest BCUT2D eigenvalue weighted by Crippen LogP contribution is -2.10. The predicted octanol–water partition coefficient (Wildman–Crippen LogP) is 11.6. The van der Waals surface area contributed by atoms with Crippen molar-refractivity contribution in [2.75, 3.05) is 4.90 Å². The zero-order chi connectivity index (χ0) is 29.2. The van der Waals surface area contributed by atoms with E-state index in [1.807, 2.05) is 60.7 Å². The number of fused-ring (bicyclic) bond motifs is 1. The molecule has 3 heteroatoms. The van der Waals surface area contributed by atoms with Gasteiger partial charge in [-0.2, -0.15) is 0 Å². The van der Waals surface area contributed by atoms with E-state index in [1.165, 1.54) is 18.2 Å². The zero-order valence-electron chi connectivity index (χ0n) is 23.3. The van der Waals surface area contributed by atoms with E-state index in [9.17, 15) is 8.78 Å². The number of para-hydroxylation sites is 1. The van der Waals surface area contributed by atoms with Gasteiger partial charge in [-0.3, -0.25) is 0 Å². The Balaban J connectivity index is 1.43. The smallest absolute Gasteiger partial charge is 0.133 e. The fraction of sp³-hybridized carbons (Fsp3) is 0. The lowest BCUT2D eigenvalue weighted by Gasteiger charge is -2.26. The molecule has 43 heavy (non-hydrogen) atoms. The molecular weight excluding hydrogens is 532 g/mol. The van der Waals surface area contributed by atoms with E-state index in [1.54, 1.807) is 6.07 Å². The van der Waals surface area contributed by atoms with E-state index in [2.05, 4.69) is 83.8 Å². The first-order valence-electron chi connectivity index (χ1n) is 14.2. The summed E-state index contributed by atoms with van der Waals surface area (Å²) in [6.45, 7) is 0. The minimum absolute atomic E-state index is 0.0316. The van der Waals surface area contributed by atoms with E-state index >= 15 is 0 Å². The Hall–Kier alpha value is -5.54. The minimum atomic E-state index is -0.587. The van der Waals surface area contributed by atoms with Crippen LogP contribution in [0.3, 0.4) is 0 Å². The van der Waals surface area contributed by atoms with Crippen LogP contribution in [-0.2, 0) is 0 Å². The monoisotopic (exact) mass is 559 g/mol. The van der Waals surface area contributed by atoms with Gasteiger partial charge in [0.2, 0.25) is 0 Å². The molecule has 7 aromatic carbocycles. The van der Waals surface area contributed by atoms with Crippen LogP contribution in [0.1, 0.15) is 0 Å². The molecule has 1 nitrogen and oxygen atoms in total. The summed E-state index contributed by atoms with van der Waals surface area (Å²) in [4.78, 5) is 2.12. The summed E-state index contributed by atoms with van der Waals surface area (Å²) in [7, 11) is 0. The second-order valence-corrected chi connectivity index (χ2v) is 10.5. The average Bonchev–Trinajstić information content (AvgIpc) is 3.06. The maximum atomic E-state index is 14.8. The largest absolute Gasteiger partial charge is 0.310 e. The zero-order valence-corrected chi connectivity index (χ0v) is 23.3. The van der Waals surface area contributed by atoms with Gasteiger partial charge in [-0.15, -0.1) is 0 Å². The third kappa shape index (κ3) is 5.18. The number of nitrogens with zero attached hydrogens (tertiary/aromatic N) is 1. The van der Waals surface area contributed by atoms with Crippen LogP contribution in [0.25, 0.3) is 44.2 Å². The highest BCUT2D eigenvalue weighted by molar-refractivity contribution is 6.02. The standard InChI is InChI=1S/C40H27F2N/c41-38-20-11-21-39(42)40(38)30-16-10-19-34(25-30)43(33-17-8-3-9-18-33)35-22-23-36-32(26-35)24-31(28-12-4-1-5-13-28)27-37(36)29-14-6-2-7-15-29/h1-27H. The predicted molar refractivity (Wildman–Crippen MR) is 175 cm³/mol. The van der Waals surface area contributed by atoms with Crippen LogP contribution in [0.5, 0.6) is 0 Å². The maximum absolute atomic E-state index is 14.8. The summed E-state index contributed by atoms with van der Waals surface area (Å²) in [6.07, 6.45) is 0. The number of rotatable bonds is 6. The molecule has 0 N–H and O–H groups in total. The van der Waals surface area contributed by atoms with Crippen molar-refractivity contribution < 1.29 is 8.78 Å².